The van der Waals surface area contributed by atoms with Gasteiger partial charge >= 0.3 is 5.69 Å². The molecule has 3 rings (SSSR count). The molecular formula is C16H21N7O3. The molecule has 0 radical (unpaired) electrons. The molecule has 1 amide bonds. The summed E-state index contributed by atoms with van der Waals surface area (Å²) in [6, 6.07) is 0. The molecule has 0 spiro atoms. The van der Waals surface area contributed by atoms with Crippen molar-refractivity contribution in [2.24, 2.45) is 14.1 Å². The highest BCUT2D eigenvalue weighted by molar-refractivity contribution is 5.75. The molecule has 10 heteroatoms. The molecule has 0 atom stereocenters. The van der Waals surface area contributed by atoms with Crippen molar-refractivity contribution in [3.63, 3.8) is 0 Å². The average molecular weight is 359 g/mol. The number of carbonyl (C=O) groups is 1. The van der Waals surface area contributed by atoms with Crippen molar-refractivity contribution < 1.29 is 4.79 Å². The molecule has 3 heterocycles. The van der Waals surface area contributed by atoms with E-state index in [4.69, 9.17) is 0 Å². The number of rotatable bonds is 7. The largest absolute Gasteiger partial charge is 0.356 e. The van der Waals surface area contributed by atoms with E-state index in [1.807, 2.05) is 0 Å². The number of fused-ring (bicyclic) bond motifs is 1. The van der Waals surface area contributed by atoms with Gasteiger partial charge in [-0.2, -0.15) is 0 Å². The van der Waals surface area contributed by atoms with Gasteiger partial charge in [0.25, 0.3) is 5.56 Å². The van der Waals surface area contributed by atoms with Gasteiger partial charge in [0, 0.05) is 51.9 Å². The van der Waals surface area contributed by atoms with Gasteiger partial charge in [-0.1, -0.05) is 0 Å². The molecule has 0 aliphatic carbocycles. The summed E-state index contributed by atoms with van der Waals surface area (Å²) in [5, 5.41) is 2.85. The molecule has 0 unspecified atom stereocenters. The molecular weight excluding hydrogens is 338 g/mol. The molecule has 138 valence electrons. The number of hydrogen-bond acceptors (Lipinski definition) is 5. The number of aryl methyl sites for hydroxylation is 2. The van der Waals surface area contributed by atoms with E-state index < -0.39 is 5.69 Å². The standard InChI is InChI=1S/C16H21N7O3/c1-21-14-13(15(25)22(2)16(21)26)23(10-20-14)7-3-4-12(24)18-6-5-11-8-17-9-19-11/h8-10H,3-7H2,1-2H3,(H,17,19)(H,18,24). The topological polar surface area (TPSA) is 120 Å². The third kappa shape index (κ3) is 3.44. The zero-order valence-corrected chi connectivity index (χ0v) is 14.7. The van der Waals surface area contributed by atoms with Crippen molar-refractivity contribution in [2.75, 3.05) is 6.54 Å². The number of H-pyrrole nitrogens is 1. The molecule has 0 bridgehead atoms. The third-order valence-electron chi connectivity index (χ3n) is 4.29. The van der Waals surface area contributed by atoms with Crippen LogP contribution in [-0.2, 0) is 31.9 Å². The summed E-state index contributed by atoms with van der Waals surface area (Å²) in [5.41, 5.74) is 0.891. The lowest BCUT2D eigenvalue weighted by atomic mass is 10.2. The van der Waals surface area contributed by atoms with Gasteiger partial charge < -0.3 is 14.9 Å². The highest BCUT2D eigenvalue weighted by atomic mass is 16.2. The molecule has 3 aromatic rings. The molecule has 2 N–H and O–H groups in total. The van der Waals surface area contributed by atoms with E-state index in [1.54, 1.807) is 24.1 Å². The minimum absolute atomic E-state index is 0.0470. The number of imidazole rings is 2. The number of carbonyl (C=O) groups excluding carboxylic acids is 1. The number of nitrogens with zero attached hydrogens (tertiary/aromatic N) is 5. The molecule has 0 aliphatic heterocycles. The summed E-state index contributed by atoms with van der Waals surface area (Å²) < 4.78 is 4.09. The van der Waals surface area contributed by atoms with Crippen LogP contribution in [0.1, 0.15) is 18.5 Å². The number of aromatic nitrogens is 6. The second-order valence-electron chi connectivity index (χ2n) is 6.10. The first kappa shape index (κ1) is 17.6. The first-order chi connectivity index (χ1) is 12.5. The molecule has 0 fully saturated rings. The number of aromatic amines is 1. The Balaban J connectivity index is 1.57. The van der Waals surface area contributed by atoms with E-state index in [1.165, 1.54) is 17.9 Å². The van der Waals surface area contributed by atoms with E-state index in [9.17, 15) is 14.4 Å². The van der Waals surface area contributed by atoms with Crippen LogP contribution in [0.4, 0.5) is 0 Å². The van der Waals surface area contributed by atoms with Crippen molar-refractivity contribution in [3.8, 4) is 0 Å². The van der Waals surface area contributed by atoms with Crippen LogP contribution in [0.15, 0.2) is 28.4 Å². The van der Waals surface area contributed by atoms with Gasteiger partial charge in [0.15, 0.2) is 11.2 Å². The summed E-state index contributed by atoms with van der Waals surface area (Å²) in [5.74, 6) is -0.0470. The fourth-order valence-electron chi connectivity index (χ4n) is 2.82. The summed E-state index contributed by atoms with van der Waals surface area (Å²) in [7, 11) is 3.02. The van der Waals surface area contributed by atoms with Crippen LogP contribution in [0.5, 0.6) is 0 Å². The van der Waals surface area contributed by atoms with Crippen molar-refractivity contribution in [1.82, 2.24) is 34.0 Å². The molecule has 3 aromatic heterocycles. The Morgan fingerprint density at radius 2 is 2.08 bits per heavy atom. The maximum atomic E-state index is 12.3. The van der Waals surface area contributed by atoms with Crippen LogP contribution >= 0.6 is 0 Å². The number of amides is 1. The summed E-state index contributed by atoms with van der Waals surface area (Å²) in [6.07, 6.45) is 6.46. The Bertz CT molecular complexity index is 1030. The summed E-state index contributed by atoms with van der Waals surface area (Å²) >= 11 is 0. The van der Waals surface area contributed by atoms with Gasteiger partial charge in [0.05, 0.1) is 12.7 Å². The molecule has 26 heavy (non-hydrogen) atoms. The quantitative estimate of drug-likeness (QED) is 0.578. The van der Waals surface area contributed by atoms with Gasteiger partial charge in [-0.3, -0.25) is 18.7 Å². The van der Waals surface area contributed by atoms with Crippen molar-refractivity contribution >= 4 is 17.1 Å². The maximum Gasteiger partial charge on any atom is 0.332 e. The lowest BCUT2D eigenvalue weighted by Gasteiger charge is -2.07. The first-order valence-corrected chi connectivity index (χ1v) is 8.34. The number of nitrogens with one attached hydrogen (secondary N) is 2. The molecule has 0 aromatic carbocycles. The SMILES string of the molecule is Cn1c(=O)c2c(ncn2CCCC(=O)NCCc2cnc[nH]2)n(C)c1=O. The minimum atomic E-state index is -0.413. The van der Waals surface area contributed by atoms with E-state index in [0.29, 0.717) is 43.5 Å². The summed E-state index contributed by atoms with van der Waals surface area (Å²) in [4.78, 5) is 47.2. The lowest BCUT2D eigenvalue weighted by Crippen LogP contribution is -2.37. The Morgan fingerprint density at radius 1 is 1.27 bits per heavy atom. The first-order valence-electron chi connectivity index (χ1n) is 8.34. The molecule has 0 aliphatic rings. The van der Waals surface area contributed by atoms with Gasteiger partial charge in [0.2, 0.25) is 5.91 Å². The second kappa shape index (κ2) is 7.38. The lowest BCUT2D eigenvalue weighted by molar-refractivity contribution is -0.121. The Kier molecular flexibility index (Phi) is 5.01. The number of hydrogen-bond donors (Lipinski definition) is 2. The Morgan fingerprint density at radius 3 is 2.81 bits per heavy atom. The van der Waals surface area contributed by atoms with Crippen molar-refractivity contribution in [1.29, 1.82) is 0 Å². The highest BCUT2D eigenvalue weighted by Crippen LogP contribution is 2.07. The maximum absolute atomic E-state index is 12.3. The predicted octanol–water partition coefficient (Wildman–Crippen LogP) is -0.704. The molecule has 10 nitrogen and oxygen atoms in total. The van der Waals surface area contributed by atoms with Crippen molar-refractivity contribution in [3.05, 3.63) is 45.4 Å². The van der Waals surface area contributed by atoms with Crippen LogP contribution in [0.3, 0.4) is 0 Å². The normalized spacial score (nSPS) is 11.2. The van der Waals surface area contributed by atoms with Crippen molar-refractivity contribution in [2.45, 2.75) is 25.8 Å². The fourth-order valence-corrected chi connectivity index (χ4v) is 2.82. The Labute approximate surface area is 148 Å². The molecule has 0 saturated carbocycles. The predicted molar refractivity (Wildman–Crippen MR) is 94.8 cm³/mol. The van der Waals surface area contributed by atoms with Gasteiger partial charge in [-0.25, -0.2) is 14.8 Å². The van der Waals surface area contributed by atoms with E-state index in [2.05, 4.69) is 20.3 Å². The smallest absolute Gasteiger partial charge is 0.332 e. The average Bonchev–Trinajstić information content (AvgIpc) is 3.28. The third-order valence-corrected chi connectivity index (χ3v) is 4.29. The molecule has 0 saturated heterocycles. The van der Waals surface area contributed by atoms with Crippen LogP contribution in [0, 0.1) is 0 Å². The minimum Gasteiger partial charge on any atom is -0.356 e. The second-order valence-corrected chi connectivity index (χ2v) is 6.10. The van der Waals surface area contributed by atoms with E-state index in [0.717, 1.165) is 10.3 Å². The van der Waals surface area contributed by atoms with Crippen LogP contribution < -0.4 is 16.6 Å². The van der Waals surface area contributed by atoms with Crippen LogP contribution in [-0.4, -0.2) is 41.1 Å². The van der Waals surface area contributed by atoms with E-state index >= 15 is 0 Å². The van der Waals surface area contributed by atoms with Crippen LogP contribution in [0.25, 0.3) is 11.2 Å². The van der Waals surface area contributed by atoms with E-state index in [-0.39, 0.29) is 11.5 Å². The van der Waals surface area contributed by atoms with Gasteiger partial charge in [0.1, 0.15) is 0 Å². The highest BCUT2D eigenvalue weighted by Gasteiger charge is 2.14. The summed E-state index contributed by atoms with van der Waals surface area (Å²) in [6.45, 7) is 1.01. The fraction of sp³-hybridized carbons (Fsp3) is 0.438. The van der Waals surface area contributed by atoms with Gasteiger partial charge in [-0.05, 0) is 6.42 Å². The van der Waals surface area contributed by atoms with Gasteiger partial charge in [-0.15, -0.1) is 0 Å². The van der Waals surface area contributed by atoms with Crippen LogP contribution in [0.2, 0.25) is 0 Å². The zero-order chi connectivity index (χ0) is 18.7. The Hall–Kier alpha value is -3.17. The zero-order valence-electron chi connectivity index (χ0n) is 14.7. The monoisotopic (exact) mass is 359 g/mol.